The molecule has 1 aromatic carbocycles. The Morgan fingerprint density at radius 2 is 1.59 bits per heavy atom. The predicted molar refractivity (Wildman–Crippen MR) is 88.2 cm³/mol. The molecule has 0 radical (unpaired) electrons. The molecule has 0 aromatic heterocycles. The molecule has 0 spiro atoms. The highest BCUT2D eigenvalue weighted by atomic mass is 19.4. The number of nitrogens with one attached hydrogen (secondary N) is 1. The monoisotopic (exact) mass is 387 g/mol. The first-order valence-electron chi connectivity index (χ1n) is 8.27. The van der Waals surface area contributed by atoms with Gasteiger partial charge in [-0.1, -0.05) is 12.1 Å². The Morgan fingerprint density at radius 1 is 1.07 bits per heavy atom. The van der Waals surface area contributed by atoms with E-state index in [4.69, 9.17) is 0 Å². The van der Waals surface area contributed by atoms with Crippen molar-refractivity contribution in [2.24, 2.45) is 0 Å². The molecule has 0 bridgehead atoms. The molecule has 1 saturated heterocycles. The lowest BCUT2D eigenvalue weighted by Gasteiger charge is -2.33. The largest absolute Gasteiger partial charge is 0.416 e. The van der Waals surface area contributed by atoms with Crippen LogP contribution in [0.3, 0.4) is 0 Å². The fourth-order valence-electron chi connectivity index (χ4n) is 2.65. The van der Waals surface area contributed by atoms with Crippen LogP contribution in [0.15, 0.2) is 24.3 Å². The molecule has 27 heavy (non-hydrogen) atoms. The molecule has 1 heterocycles. The van der Waals surface area contributed by atoms with Crippen molar-refractivity contribution in [1.29, 1.82) is 0 Å². The number of hydrogen-bond acceptors (Lipinski definition) is 4. The van der Waals surface area contributed by atoms with Crippen molar-refractivity contribution in [3.05, 3.63) is 35.4 Å². The number of hydrogen-bond donors (Lipinski definition) is 2. The Labute approximate surface area is 153 Å². The first-order valence-corrected chi connectivity index (χ1v) is 8.27. The molecule has 1 atom stereocenters. The molecule has 1 aliphatic rings. The van der Waals surface area contributed by atoms with Crippen LogP contribution >= 0.6 is 0 Å². The van der Waals surface area contributed by atoms with Gasteiger partial charge in [-0.15, -0.1) is 0 Å². The molecule has 2 N–H and O–H groups in total. The number of rotatable bonds is 3. The molecule has 148 valence electrons. The van der Waals surface area contributed by atoms with Crippen molar-refractivity contribution in [2.75, 3.05) is 32.7 Å². The number of carbonyl (C=O) groups is 3. The summed E-state index contributed by atoms with van der Waals surface area (Å²) in [6, 6.07) is 3.89. The molecule has 1 aromatic rings. The van der Waals surface area contributed by atoms with E-state index < -0.39 is 29.7 Å². The molecular weight excluding hydrogens is 367 g/mol. The van der Waals surface area contributed by atoms with Gasteiger partial charge in [0.25, 0.3) is 0 Å². The fourth-order valence-corrected chi connectivity index (χ4v) is 2.65. The number of benzene rings is 1. The van der Waals surface area contributed by atoms with Crippen molar-refractivity contribution < 1.29 is 32.7 Å². The number of aliphatic hydroxyl groups is 1. The van der Waals surface area contributed by atoms with Gasteiger partial charge in [0.1, 0.15) is 0 Å². The summed E-state index contributed by atoms with van der Waals surface area (Å²) in [5, 5.41) is 12.3. The average Bonchev–Trinajstić information content (AvgIpc) is 2.64. The van der Waals surface area contributed by atoms with E-state index in [-0.39, 0.29) is 31.1 Å². The van der Waals surface area contributed by atoms with Gasteiger partial charge in [-0.2, -0.15) is 13.2 Å². The number of nitrogens with zero attached hydrogens (tertiary/aromatic N) is 2. The fraction of sp³-hybridized carbons (Fsp3) is 0.471. The number of aliphatic hydroxyl groups excluding tert-OH is 1. The van der Waals surface area contributed by atoms with Gasteiger partial charge in [0.15, 0.2) is 0 Å². The summed E-state index contributed by atoms with van der Waals surface area (Å²) in [4.78, 5) is 38.1. The van der Waals surface area contributed by atoms with Crippen LogP contribution in [0.4, 0.5) is 13.2 Å². The molecule has 0 aliphatic carbocycles. The van der Waals surface area contributed by atoms with E-state index in [9.17, 15) is 32.7 Å². The number of piperazine rings is 1. The maximum absolute atomic E-state index is 12.5. The highest BCUT2D eigenvalue weighted by Gasteiger charge is 2.30. The van der Waals surface area contributed by atoms with E-state index in [1.807, 2.05) is 0 Å². The zero-order valence-corrected chi connectivity index (χ0v) is 14.6. The second-order valence-corrected chi connectivity index (χ2v) is 6.14. The molecule has 7 nitrogen and oxygen atoms in total. The van der Waals surface area contributed by atoms with Crippen molar-refractivity contribution in [2.45, 2.75) is 19.2 Å². The number of carbonyl (C=O) groups excluding carboxylic acids is 3. The smallest absolute Gasteiger partial charge is 0.387 e. The summed E-state index contributed by atoms with van der Waals surface area (Å²) in [5.41, 5.74) is -0.659. The highest BCUT2D eigenvalue weighted by Crippen LogP contribution is 2.29. The Kier molecular flexibility index (Phi) is 6.42. The van der Waals surface area contributed by atoms with Crippen LogP contribution < -0.4 is 5.32 Å². The predicted octanol–water partition coefficient (Wildman–Crippen LogP) is 0.546. The van der Waals surface area contributed by atoms with Crippen LogP contribution in [0, 0.1) is 0 Å². The van der Waals surface area contributed by atoms with Crippen LogP contribution in [-0.2, 0) is 20.6 Å². The normalized spacial score (nSPS) is 16.0. The minimum absolute atomic E-state index is 0.105. The van der Waals surface area contributed by atoms with Crippen LogP contribution in [0.5, 0.6) is 0 Å². The Morgan fingerprint density at radius 3 is 2.07 bits per heavy atom. The van der Waals surface area contributed by atoms with Gasteiger partial charge in [-0.05, 0) is 17.7 Å². The minimum atomic E-state index is -4.48. The Hall–Kier alpha value is -2.62. The van der Waals surface area contributed by atoms with Gasteiger partial charge < -0.3 is 20.2 Å². The first-order chi connectivity index (χ1) is 12.6. The van der Waals surface area contributed by atoms with Gasteiger partial charge in [-0.3, -0.25) is 14.4 Å². The van der Waals surface area contributed by atoms with Gasteiger partial charge in [0.2, 0.25) is 5.91 Å². The van der Waals surface area contributed by atoms with Crippen molar-refractivity contribution in [1.82, 2.24) is 15.1 Å². The third kappa shape index (κ3) is 5.43. The maximum Gasteiger partial charge on any atom is 0.416 e. The van der Waals surface area contributed by atoms with Crippen molar-refractivity contribution >= 4 is 17.7 Å². The summed E-state index contributed by atoms with van der Waals surface area (Å²) >= 11 is 0. The van der Waals surface area contributed by atoms with Gasteiger partial charge >= 0.3 is 18.0 Å². The quantitative estimate of drug-likeness (QED) is 0.741. The van der Waals surface area contributed by atoms with Gasteiger partial charge in [0, 0.05) is 39.6 Å². The molecule has 2 rings (SSSR count). The molecule has 10 heteroatoms. The SMILES string of the molecule is CC(=O)N1CCN(C(=O)C(=O)NC[C@H](O)c2ccc(C(F)(F)F)cc2)CC1. The second kappa shape index (κ2) is 8.38. The maximum atomic E-state index is 12.5. The zero-order valence-electron chi connectivity index (χ0n) is 14.6. The average molecular weight is 387 g/mol. The molecule has 0 unspecified atom stereocenters. The van der Waals surface area contributed by atoms with Crippen LogP contribution in [0.25, 0.3) is 0 Å². The van der Waals surface area contributed by atoms with E-state index in [2.05, 4.69) is 5.32 Å². The van der Waals surface area contributed by atoms with E-state index in [0.717, 1.165) is 24.3 Å². The lowest BCUT2D eigenvalue weighted by molar-refractivity contribution is -0.148. The summed E-state index contributed by atoms with van der Waals surface area (Å²) in [5.74, 6) is -1.80. The third-order valence-corrected chi connectivity index (χ3v) is 4.29. The molecular formula is C17H20F3N3O4. The van der Waals surface area contributed by atoms with E-state index in [1.54, 1.807) is 4.90 Å². The van der Waals surface area contributed by atoms with Crippen LogP contribution in [0.1, 0.15) is 24.2 Å². The van der Waals surface area contributed by atoms with E-state index >= 15 is 0 Å². The second-order valence-electron chi connectivity index (χ2n) is 6.14. The highest BCUT2D eigenvalue weighted by molar-refractivity contribution is 6.35. The zero-order chi connectivity index (χ0) is 20.2. The standard InChI is InChI=1S/C17H20F3N3O4/c1-11(24)22-6-8-23(9-7-22)16(27)15(26)21-10-14(25)12-2-4-13(5-3-12)17(18,19)20/h2-5,14,25H,6-10H2,1H3,(H,21,26)/t14-/m0/s1. The lowest BCUT2D eigenvalue weighted by atomic mass is 10.1. The van der Waals surface area contributed by atoms with Crippen LogP contribution in [0.2, 0.25) is 0 Å². The summed E-state index contributed by atoms with van der Waals surface area (Å²) in [6.45, 7) is 2.24. The molecule has 3 amide bonds. The van der Waals surface area contributed by atoms with E-state index in [0.29, 0.717) is 13.1 Å². The minimum Gasteiger partial charge on any atom is -0.387 e. The Balaban J connectivity index is 1.84. The number of alkyl halides is 3. The van der Waals surface area contributed by atoms with Crippen molar-refractivity contribution in [3.8, 4) is 0 Å². The third-order valence-electron chi connectivity index (χ3n) is 4.29. The van der Waals surface area contributed by atoms with Gasteiger partial charge in [-0.25, -0.2) is 0 Å². The lowest BCUT2D eigenvalue weighted by Crippen LogP contribution is -2.53. The molecule has 1 aliphatic heterocycles. The number of halogens is 3. The topological polar surface area (TPSA) is 90.0 Å². The van der Waals surface area contributed by atoms with Crippen molar-refractivity contribution in [3.63, 3.8) is 0 Å². The van der Waals surface area contributed by atoms with Crippen LogP contribution in [-0.4, -0.2) is 65.4 Å². The van der Waals surface area contributed by atoms with Gasteiger partial charge in [0.05, 0.1) is 11.7 Å². The molecule has 1 fully saturated rings. The summed E-state index contributed by atoms with van der Waals surface area (Å²) < 4.78 is 37.6. The summed E-state index contributed by atoms with van der Waals surface area (Å²) in [6.07, 6.45) is -5.73. The summed E-state index contributed by atoms with van der Waals surface area (Å²) in [7, 11) is 0. The first kappa shape index (κ1) is 20.7. The van der Waals surface area contributed by atoms with E-state index in [1.165, 1.54) is 11.8 Å². The number of amides is 3. The Bertz CT molecular complexity index is 698. The molecule has 0 saturated carbocycles.